The third kappa shape index (κ3) is 2.49. The predicted octanol–water partition coefficient (Wildman–Crippen LogP) is 2.34. The van der Waals surface area contributed by atoms with Gasteiger partial charge in [-0.05, 0) is 25.0 Å². The standard InChI is InChI=1S/C17H17F2N3O3S/c18-7-13-22-11-6-12(21-3-1-8(20)2-4-21)10(19)5-9(11)15(23)14(17(24)25)16(22)26-13/h5-6,8,13H,1-4,7,20H2,(H,24,25). The van der Waals surface area contributed by atoms with Crippen LogP contribution in [-0.4, -0.2) is 41.4 Å². The number of pyridine rings is 1. The van der Waals surface area contributed by atoms with Crippen molar-refractivity contribution in [1.29, 1.82) is 0 Å². The van der Waals surface area contributed by atoms with E-state index in [2.05, 4.69) is 0 Å². The Morgan fingerprint density at radius 2 is 2.04 bits per heavy atom. The van der Waals surface area contributed by atoms with Gasteiger partial charge in [0.05, 0.1) is 16.2 Å². The number of benzene rings is 1. The molecule has 0 aliphatic carbocycles. The van der Waals surface area contributed by atoms with Crippen LogP contribution in [0.4, 0.5) is 14.5 Å². The molecule has 2 aliphatic rings. The molecule has 1 aromatic carbocycles. The molecular formula is C17H17F2N3O3S. The number of carboxylic acid groups (broad SMARTS) is 1. The number of halogens is 2. The van der Waals surface area contributed by atoms with E-state index < -0.39 is 34.8 Å². The molecule has 1 fully saturated rings. The Labute approximate surface area is 151 Å². The summed E-state index contributed by atoms with van der Waals surface area (Å²) in [7, 11) is 0. The van der Waals surface area contributed by atoms with Crippen molar-refractivity contribution < 1.29 is 18.7 Å². The minimum Gasteiger partial charge on any atom is -0.477 e. The van der Waals surface area contributed by atoms with Crippen LogP contribution in [0.15, 0.2) is 22.0 Å². The first-order valence-electron chi connectivity index (χ1n) is 8.30. The highest BCUT2D eigenvalue weighted by molar-refractivity contribution is 8.00. The Kier molecular flexibility index (Phi) is 4.15. The zero-order valence-corrected chi connectivity index (χ0v) is 14.6. The average molecular weight is 381 g/mol. The highest BCUT2D eigenvalue weighted by Gasteiger charge is 2.35. The lowest BCUT2D eigenvalue weighted by molar-refractivity contribution is 0.0689. The maximum atomic E-state index is 14.7. The Morgan fingerprint density at radius 3 is 2.65 bits per heavy atom. The third-order valence-electron chi connectivity index (χ3n) is 4.99. The van der Waals surface area contributed by atoms with E-state index in [0.717, 1.165) is 30.7 Å². The van der Waals surface area contributed by atoms with Gasteiger partial charge in [-0.1, -0.05) is 11.8 Å². The molecule has 0 spiro atoms. The normalized spacial score (nSPS) is 20.1. The molecule has 4 rings (SSSR count). The fourth-order valence-electron chi connectivity index (χ4n) is 3.60. The zero-order valence-electron chi connectivity index (χ0n) is 13.7. The lowest BCUT2D eigenvalue weighted by atomic mass is 10.0. The van der Waals surface area contributed by atoms with Gasteiger partial charge in [0.25, 0.3) is 0 Å². The minimum absolute atomic E-state index is 0.0418. The van der Waals surface area contributed by atoms with E-state index in [0.29, 0.717) is 24.3 Å². The second-order valence-electron chi connectivity index (χ2n) is 6.56. The van der Waals surface area contributed by atoms with Gasteiger partial charge in [-0.25, -0.2) is 13.6 Å². The number of rotatable bonds is 3. The number of alkyl halides is 1. The molecule has 0 saturated carbocycles. The molecule has 26 heavy (non-hydrogen) atoms. The Bertz CT molecular complexity index is 970. The summed E-state index contributed by atoms with van der Waals surface area (Å²) in [5.74, 6) is -1.98. The molecule has 3 N–H and O–H groups in total. The van der Waals surface area contributed by atoms with Crippen LogP contribution in [0.25, 0.3) is 10.9 Å². The number of thioether (sulfide) groups is 1. The molecule has 1 atom stereocenters. The molecule has 0 radical (unpaired) electrons. The topological polar surface area (TPSA) is 88.6 Å². The average Bonchev–Trinajstić information content (AvgIpc) is 2.58. The van der Waals surface area contributed by atoms with Gasteiger partial charge in [-0.2, -0.15) is 0 Å². The highest BCUT2D eigenvalue weighted by Crippen LogP contribution is 2.47. The molecular weight excluding hydrogens is 364 g/mol. The monoisotopic (exact) mass is 381 g/mol. The van der Waals surface area contributed by atoms with Crippen LogP contribution in [-0.2, 0) is 0 Å². The molecule has 0 bridgehead atoms. The number of fused-ring (bicyclic) bond motifs is 3. The number of aromatic carboxylic acids is 1. The van der Waals surface area contributed by atoms with Crippen molar-refractivity contribution in [2.75, 3.05) is 24.7 Å². The van der Waals surface area contributed by atoms with E-state index in [1.807, 2.05) is 4.90 Å². The number of hydrogen-bond acceptors (Lipinski definition) is 5. The Hall–Kier alpha value is -2.13. The molecule has 1 aromatic heterocycles. The van der Waals surface area contributed by atoms with Crippen LogP contribution in [0.5, 0.6) is 0 Å². The number of carbonyl (C=O) groups is 1. The summed E-state index contributed by atoms with van der Waals surface area (Å²) in [6.45, 7) is 0.477. The van der Waals surface area contributed by atoms with Gasteiger partial charge in [0.15, 0.2) is 0 Å². The number of aromatic nitrogens is 1. The van der Waals surface area contributed by atoms with Crippen molar-refractivity contribution in [3.8, 4) is 0 Å². The summed E-state index contributed by atoms with van der Waals surface area (Å²) in [5.41, 5.74) is 5.42. The van der Waals surface area contributed by atoms with Gasteiger partial charge in [-0.3, -0.25) is 4.79 Å². The minimum atomic E-state index is -1.39. The van der Waals surface area contributed by atoms with Gasteiger partial charge in [-0.15, -0.1) is 0 Å². The molecule has 2 aliphatic heterocycles. The van der Waals surface area contributed by atoms with E-state index in [-0.39, 0.29) is 16.5 Å². The lowest BCUT2D eigenvalue weighted by Crippen LogP contribution is -2.40. The first kappa shape index (κ1) is 17.3. The molecule has 2 aromatic rings. The summed E-state index contributed by atoms with van der Waals surface area (Å²) in [5, 5.41) is 8.91. The van der Waals surface area contributed by atoms with Gasteiger partial charge >= 0.3 is 5.97 Å². The maximum Gasteiger partial charge on any atom is 0.342 e. The van der Waals surface area contributed by atoms with Crippen LogP contribution in [0.2, 0.25) is 0 Å². The lowest BCUT2D eigenvalue weighted by Gasteiger charge is -2.35. The summed E-state index contributed by atoms with van der Waals surface area (Å²) >= 11 is 1.01. The van der Waals surface area contributed by atoms with E-state index in [1.165, 1.54) is 10.6 Å². The summed E-state index contributed by atoms with van der Waals surface area (Å²) in [4.78, 5) is 25.9. The molecule has 3 heterocycles. The number of nitrogens with zero attached hydrogens (tertiary/aromatic N) is 2. The van der Waals surface area contributed by atoms with Gasteiger partial charge in [0.1, 0.15) is 23.4 Å². The predicted molar refractivity (Wildman–Crippen MR) is 95.4 cm³/mol. The highest BCUT2D eigenvalue weighted by atomic mass is 32.2. The summed E-state index contributed by atoms with van der Waals surface area (Å²) in [6, 6.07) is 2.68. The number of carboxylic acids is 1. The zero-order chi connectivity index (χ0) is 18.6. The van der Waals surface area contributed by atoms with Crippen LogP contribution < -0.4 is 16.1 Å². The number of hydrogen-bond donors (Lipinski definition) is 2. The SMILES string of the molecule is NC1CCN(c2cc3c(cc2F)c(=O)c(C(=O)O)c2n3C(CF)S2)CC1. The fraction of sp³-hybridized carbons (Fsp3) is 0.412. The fourth-order valence-corrected chi connectivity index (χ4v) is 4.72. The first-order chi connectivity index (χ1) is 12.4. The van der Waals surface area contributed by atoms with Crippen molar-refractivity contribution in [3.05, 3.63) is 33.7 Å². The van der Waals surface area contributed by atoms with E-state index >= 15 is 0 Å². The second-order valence-corrected chi connectivity index (χ2v) is 7.72. The van der Waals surface area contributed by atoms with Gasteiger partial charge < -0.3 is 20.3 Å². The maximum absolute atomic E-state index is 14.7. The number of anilines is 1. The Balaban J connectivity index is 1.93. The van der Waals surface area contributed by atoms with Gasteiger partial charge in [0.2, 0.25) is 5.43 Å². The quantitative estimate of drug-likeness (QED) is 0.849. The first-order valence-corrected chi connectivity index (χ1v) is 9.18. The second kappa shape index (κ2) is 6.24. The number of piperidine rings is 1. The van der Waals surface area contributed by atoms with Crippen LogP contribution in [0.3, 0.4) is 0 Å². The van der Waals surface area contributed by atoms with E-state index in [9.17, 15) is 23.5 Å². The molecule has 9 heteroatoms. The van der Waals surface area contributed by atoms with Crippen LogP contribution in [0.1, 0.15) is 28.6 Å². The molecule has 1 saturated heterocycles. The van der Waals surface area contributed by atoms with Crippen LogP contribution in [0, 0.1) is 5.82 Å². The van der Waals surface area contributed by atoms with Crippen molar-refractivity contribution >= 4 is 34.3 Å². The largest absolute Gasteiger partial charge is 0.477 e. The third-order valence-corrected chi connectivity index (χ3v) is 6.22. The Morgan fingerprint density at radius 1 is 1.35 bits per heavy atom. The van der Waals surface area contributed by atoms with E-state index in [4.69, 9.17) is 5.73 Å². The molecule has 0 amide bonds. The molecule has 1 unspecified atom stereocenters. The van der Waals surface area contributed by atoms with Crippen molar-refractivity contribution in [2.24, 2.45) is 5.73 Å². The van der Waals surface area contributed by atoms with Crippen molar-refractivity contribution in [3.63, 3.8) is 0 Å². The van der Waals surface area contributed by atoms with Crippen molar-refractivity contribution in [2.45, 2.75) is 29.3 Å². The molecule has 138 valence electrons. The van der Waals surface area contributed by atoms with E-state index in [1.54, 1.807) is 0 Å². The molecule has 6 nitrogen and oxygen atoms in total. The smallest absolute Gasteiger partial charge is 0.342 e. The number of nitrogens with two attached hydrogens (primary N) is 1. The van der Waals surface area contributed by atoms with Gasteiger partial charge in [0, 0.05) is 24.5 Å². The summed E-state index contributed by atoms with van der Waals surface area (Å²) < 4.78 is 29.5. The van der Waals surface area contributed by atoms with Crippen LogP contribution >= 0.6 is 11.8 Å². The summed E-state index contributed by atoms with van der Waals surface area (Å²) in [6.07, 6.45) is 1.47. The van der Waals surface area contributed by atoms with Crippen molar-refractivity contribution in [1.82, 2.24) is 4.57 Å².